The van der Waals surface area contributed by atoms with Gasteiger partial charge in [-0.2, -0.15) is 0 Å². The van der Waals surface area contributed by atoms with Gasteiger partial charge in [0.15, 0.2) is 0 Å². The molecule has 0 amide bonds. The van der Waals surface area contributed by atoms with E-state index in [9.17, 15) is 4.79 Å². The van der Waals surface area contributed by atoms with Crippen molar-refractivity contribution >= 4 is 28.9 Å². The summed E-state index contributed by atoms with van der Waals surface area (Å²) in [5, 5.41) is 0. The van der Waals surface area contributed by atoms with E-state index < -0.39 is 0 Å². The molecule has 0 aliphatic heterocycles. The maximum absolute atomic E-state index is 10.6. The summed E-state index contributed by atoms with van der Waals surface area (Å²) in [6, 6.07) is 0. The first-order chi connectivity index (χ1) is 7.38. The summed E-state index contributed by atoms with van der Waals surface area (Å²) in [6.45, 7) is 0. The van der Waals surface area contributed by atoms with Crippen molar-refractivity contribution in [2.45, 2.75) is 38.5 Å². The number of hydrogen-bond acceptors (Lipinski definition) is 1. The predicted octanol–water partition coefficient (Wildman–Crippen LogP) is 3.24. The number of aldehydes is 1. The lowest BCUT2D eigenvalue weighted by molar-refractivity contribution is -0.105. The van der Waals surface area contributed by atoms with Gasteiger partial charge in [0.1, 0.15) is 6.29 Å². The Kier molecular flexibility index (Phi) is 6.20. The van der Waals surface area contributed by atoms with Gasteiger partial charge in [0.2, 0.25) is 0 Å². The number of carbonyl (C=O) groups is 1. The molecule has 0 unspecified atom stereocenters. The Bertz CT molecular complexity index is 371. The lowest BCUT2D eigenvalue weighted by Gasteiger charge is -1.89. The molecule has 0 aromatic rings. The fraction of sp³-hybridized carbons (Fsp3) is 0.462. The normalized spacial score (nSPS) is 13.9. The van der Waals surface area contributed by atoms with E-state index in [0.29, 0.717) is 0 Å². The summed E-state index contributed by atoms with van der Waals surface area (Å²) < 4.78 is 2.83. The van der Waals surface area contributed by atoms with Crippen LogP contribution in [0.15, 0.2) is 11.1 Å². The fourth-order valence-corrected chi connectivity index (χ4v) is 1.79. The zero-order chi connectivity index (χ0) is 10.9. The standard InChI is InChI=1S/C13H13IO/c14-10-5-3-1-2-4-7-12-8-6-9-13(12)11-15/h11H,1-3,6,8-9H2. The first-order valence-electron chi connectivity index (χ1n) is 5.13. The average molecular weight is 312 g/mol. The van der Waals surface area contributed by atoms with Gasteiger partial charge in [-0.25, -0.2) is 0 Å². The van der Waals surface area contributed by atoms with Crippen LogP contribution >= 0.6 is 22.6 Å². The number of allylic oxidation sites excluding steroid dienone is 2. The van der Waals surface area contributed by atoms with E-state index in [-0.39, 0.29) is 0 Å². The van der Waals surface area contributed by atoms with Crippen molar-refractivity contribution in [1.82, 2.24) is 0 Å². The Hall–Kier alpha value is -0.740. The van der Waals surface area contributed by atoms with Crippen LogP contribution in [0.4, 0.5) is 0 Å². The Labute approximate surface area is 105 Å². The predicted molar refractivity (Wildman–Crippen MR) is 70.4 cm³/mol. The van der Waals surface area contributed by atoms with E-state index in [1.54, 1.807) is 0 Å². The molecule has 0 saturated carbocycles. The first-order valence-corrected chi connectivity index (χ1v) is 6.21. The van der Waals surface area contributed by atoms with Crippen molar-refractivity contribution in [1.29, 1.82) is 0 Å². The van der Waals surface area contributed by atoms with E-state index in [4.69, 9.17) is 0 Å². The molecule has 0 fully saturated rings. The molecule has 0 saturated heterocycles. The number of halogens is 1. The van der Waals surface area contributed by atoms with Crippen LogP contribution in [0, 0.1) is 21.7 Å². The molecule has 0 aromatic carbocycles. The monoisotopic (exact) mass is 312 g/mol. The average Bonchev–Trinajstić information content (AvgIpc) is 2.70. The van der Waals surface area contributed by atoms with Crippen LogP contribution in [-0.2, 0) is 4.79 Å². The SMILES string of the molecule is O=CC1=C(C#CCCCC#CI)CCC1. The van der Waals surface area contributed by atoms with E-state index in [2.05, 4.69) is 21.7 Å². The van der Waals surface area contributed by atoms with Crippen molar-refractivity contribution in [3.05, 3.63) is 11.1 Å². The van der Waals surface area contributed by atoms with Crippen LogP contribution in [0.25, 0.3) is 0 Å². The second-order valence-electron chi connectivity index (χ2n) is 3.40. The molecule has 0 radical (unpaired) electrons. The largest absolute Gasteiger partial charge is 0.298 e. The van der Waals surface area contributed by atoms with Crippen LogP contribution in [0.2, 0.25) is 0 Å². The van der Waals surface area contributed by atoms with Gasteiger partial charge in [-0.05, 0) is 29.6 Å². The molecule has 0 heterocycles. The van der Waals surface area contributed by atoms with E-state index in [1.807, 2.05) is 22.6 Å². The summed E-state index contributed by atoms with van der Waals surface area (Å²) >= 11 is 2.04. The van der Waals surface area contributed by atoms with Crippen LogP contribution < -0.4 is 0 Å². The zero-order valence-electron chi connectivity index (χ0n) is 8.61. The molecule has 0 N–H and O–H groups in total. The Balaban J connectivity index is 2.36. The van der Waals surface area contributed by atoms with Crippen molar-refractivity contribution in [2.24, 2.45) is 0 Å². The zero-order valence-corrected chi connectivity index (χ0v) is 10.8. The lowest BCUT2D eigenvalue weighted by atomic mass is 10.1. The van der Waals surface area contributed by atoms with Gasteiger partial charge < -0.3 is 0 Å². The summed E-state index contributed by atoms with van der Waals surface area (Å²) in [7, 11) is 0. The molecule has 15 heavy (non-hydrogen) atoms. The highest BCUT2D eigenvalue weighted by Crippen LogP contribution is 2.23. The number of rotatable bonds is 3. The molecular formula is C13H13IO. The molecule has 2 heteroatoms. The Morgan fingerprint density at radius 2 is 2.07 bits per heavy atom. The van der Waals surface area contributed by atoms with E-state index >= 15 is 0 Å². The van der Waals surface area contributed by atoms with Gasteiger partial charge in [-0.3, -0.25) is 4.79 Å². The van der Waals surface area contributed by atoms with Gasteiger partial charge in [0.05, 0.1) is 0 Å². The minimum atomic E-state index is 0.876. The van der Waals surface area contributed by atoms with Gasteiger partial charge in [0.25, 0.3) is 0 Å². The molecule has 78 valence electrons. The van der Waals surface area contributed by atoms with Gasteiger partial charge in [-0.15, -0.1) is 0 Å². The molecule has 1 rings (SSSR count). The van der Waals surface area contributed by atoms with Crippen LogP contribution in [-0.4, -0.2) is 6.29 Å². The highest BCUT2D eigenvalue weighted by Gasteiger charge is 2.10. The Morgan fingerprint density at radius 3 is 2.80 bits per heavy atom. The molecular weight excluding hydrogens is 299 g/mol. The molecule has 0 aromatic heterocycles. The summed E-state index contributed by atoms with van der Waals surface area (Å²) in [4.78, 5) is 10.6. The highest BCUT2D eigenvalue weighted by molar-refractivity contribution is 14.1. The van der Waals surface area contributed by atoms with Crippen molar-refractivity contribution in [3.63, 3.8) is 0 Å². The third-order valence-corrected chi connectivity index (χ3v) is 2.69. The summed E-state index contributed by atoms with van der Waals surface area (Å²) in [5.74, 6) is 9.22. The Morgan fingerprint density at radius 1 is 1.27 bits per heavy atom. The van der Waals surface area contributed by atoms with Crippen LogP contribution in [0.5, 0.6) is 0 Å². The minimum Gasteiger partial charge on any atom is -0.298 e. The molecule has 1 aliphatic rings. The van der Waals surface area contributed by atoms with Crippen molar-refractivity contribution in [2.75, 3.05) is 0 Å². The fourth-order valence-electron chi connectivity index (χ4n) is 1.52. The third-order valence-electron chi connectivity index (χ3n) is 2.31. The summed E-state index contributed by atoms with van der Waals surface area (Å²) in [6.07, 6.45) is 6.74. The highest BCUT2D eigenvalue weighted by atomic mass is 127. The molecule has 1 aliphatic carbocycles. The minimum absolute atomic E-state index is 0.876. The second-order valence-corrected chi connectivity index (χ2v) is 3.94. The first kappa shape index (κ1) is 12.3. The van der Waals surface area contributed by atoms with Crippen LogP contribution in [0.1, 0.15) is 38.5 Å². The molecule has 0 spiro atoms. The molecule has 0 atom stereocenters. The van der Waals surface area contributed by atoms with Crippen LogP contribution in [0.3, 0.4) is 0 Å². The molecule has 0 bridgehead atoms. The smallest absolute Gasteiger partial charge is 0.146 e. The third kappa shape index (κ3) is 4.53. The topological polar surface area (TPSA) is 17.1 Å². The van der Waals surface area contributed by atoms with Crippen molar-refractivity contribution in [3.8, 4) is 21.7 Å². The second kappa shape index (κ2) is 7.54. The maximum Gasteiger partial charge on any atom is 0.146 e. The number of hydrogen-bond donors (Lipinski definition) is 0. The number of unbranched alkanes of at least 4 members (excludes halogenated alkanes) is 2. The summed E-state index contributed by atoms with van der Waals surface area (Å²) in [5.41, 5.74) is 1.97. The van der Waals surface area contributed by atoms with Crippen molar-refractivity contribution < 1.29 is 4.79 Å². The van der Waals surface area contributed by atoms with E-state index in [0.717, 1.165) is 56.0 Å². The lowest BCUT2D eigenvalue weighted by Crippen LogP contribution is -1.81. The van der Waals surface area contributed by atoms with Gasteiger partial charge >= 0.3 is 0 Å². The van der Waals surface area contributed by atoms with Gasteiger partial charge in [-0.1, -0.05) is 17.8 Å². The number of carbonyl (C=O) groups excluding carboxylic acids is 1. The molecule has 1 nitrogen and oxygen atoms in total. The van der Waals surface area contributed by atoms with E-state index in [1.165, 1.54) is 0 Å². The van der Waals surface area contributed by atoms with Gasteiger partial charge in [0, 0.05) is 46.6 Å². The maximum atomic E-state index is 10.6. The quantitative estimate of drug-likeness (QED) is 0.338.